The van der Waals surface area contributed by atoms with Gasteiger partial charge >= 0.3 is 6.18 Å². The van der Waals surface area contributed by atoms with E-state index in [1.54, 1.807) is 6.07 Å². The number of pyridine rings is 1. The van der Waals surface area contributed by atoms with Gasteiger partial charge in [-0.15, -0.1) is 0 Å². The SMILES string of the molecule is COc1cc(-c2ccc(C(F)(F)F)cn2)cc2c1OCCN(Cc1ccccc1Cl)C2. The summed E-state index contributed by atoms with van der Waals surface area (Å²) >= 11 is 6.32. The monoisotopic (exact) mass is 448 g/mol. The summed E-state index contributed by atoms with van der Waals surface area (Å²) in [7, 11) is 1.54. The summed E-state index contributed by atoms with van der Waals surface area (Å²) in [5, 5.41) is 0.702. The smallest absolute Gasteiger partial charge is 0.417 e. The number of methoxy groups -OCH3 is 1. The molecular weight excluding hydrogens is 429 g/mol. The van der Waals surface area contributed by atoms with Crippen LogP contribution in [0.4, 0.5) is 13.2 Å². The van der Waals surface area contributed by atoms with Crippen LogP contribution in [0.3, 0.4) is 0 Å². The molecule has 0 atom stereocenters. The van der Waals surface area contributed by atoms with E-state index in [-0.39, 0.29) is 0 Å². The van der Waals surface area contributed by atoms with Crippen molar-refractivity contribution < 1.29 is 22.6 Å². The second-order valence-electron chi connectivity index (χ2n) is 7.25. The average Bonchev–Trinajstić information content (AvgIpc) is 2.96. The van der Waals surface area contributed by atoms with Gasteiger partial charge in [0.05, 0.1) is 18.4 Å². The highest BCUT2D eigenvalue weighted by molar-refractivity contribution is 6.31. The molecule has 0 fully saturated rings. The molecule has 2 aromatic carbocycles. The fourth-order valence-corrected chi connectivity index (χ4v) is 3.77. The molecule has 162 valence electrons. The highest BCUT2D eigenvalue weighted by Crippen LogP contribution is 2.39. The minimum atomic E-state index is -4.43. The maximum atomic E-state index is 12.9. The lowest BCUT2D eigenvalue weighted by atomic mass is 10.0. The van der Waals surface area contributed by atoms with Crippen LogP contribution in [0.25, 0.3) is 11.3 Å². The summed E-state index contributed by atoms with van der Waals surface area (Å²) in [6.45, 7) is 2.39. The number of hydrogen-bond donors (Lipinski definition) is 0. The summed E-state index contributed by atoms with van der Waals surface area (Å²) in [6, 6.07) is 13.7. The number of halogens is 4. The van der Waals surface area contributed by atoms with Crippen LogP contribution in [0.2, 0.25) is 5.02 Å². The van der Waals surface area contributed by atoms with Crippen molar-refractivity contribution in [2.45, 2.75) is 19.3 Å². The van der Waals surface area contributed by atoms with Gasteiger partial charge < -0.3 is 9.47 Å². The summed E-state index contributed by atoms with van der Waals surface area (Å²) < 4.78 is 50.1. The molecule has 4 rings (SSSR count). The highest BCUT2D eigenvalue weighted by Gasteiger charge is 2.31. The standard InChI is InChI=1S/C23H20ClF3N2O2/c1-30-21-11-16(20-7-6-18(12-28-20)23(25,26)27)10-17-14-29(8-9-31-22(17)21)13-15-4-2-3-5-19(15)24/h2-7,10-12H,8-9,13-14H2,1H3. The molecule has 0 bridgehead atoms. The van der Waals surface area contributed by atoms with Gasteiger partial charge in [0.1, 0.15) is 6.61 Å². The molecule has 3 aromatic rings. The molecule has 1 aliphatic rings. The van der Waals surface area contributed by atoms with Gasteiger partial charge in [0, 0.05) is 42.0 Å². The van der Waals surface area contributed by atoms with Gasteiger partial charge in [0.2, 0.25) is 0 Å². The minimum absolute atomic E-state index is 0.427. The third kappa shape index (κ3) is 4.78. The molecule has 0 radical (unpaired) electrons. The zero-order valence-electron chi connectivity index (χ0n) is 16.7. The van der Waals surface area contributed by atoms with Crippen molar-refractivity contribution >= 4 is 11.6 Å². The van der Waals surface area contributed by atoms with E-state index in [9.17, 15) is 13.2 Å². The molecule has 0 aliphatic carbocycles. The second kappa shape index (κ2) is 8.77. The number of hydrogen-bond acceptors (Lipinski definition) is 4. The number of fused-ring (bicyclic) bond motifs is 1. The molecule has 4 nitrogen and oxygen atoms in total. The van der Waals surface area contributed by atoms with Crippen LogP contribution in [0.5, 0.6) is 11.5 Å². The molecule has 0 saturated carbocycles. The second-order valence-corrected chi connectivity index (χ2v) is 7.65. The molecular formula is C23H20ClF3N2O2. The average molecular weight is 449 g/mol. The van der Waals surface area contributed by atoms with Crippen LogP contribution >= 0.6 is 11.6 Å². The summed E-state index contributed by atoms with van der Waals surface area (Å²) in [4.78, 5) is 6.22. The number of aromatic nitrogens is 1. The lowest BCUT2D eigenvalue weighted by Gasteiger charge is -2.20. The first-order chi connectivity index (χ1) is 14.8. The van der Waals surface area contributed by atoms with Crippen molar-refractivity contribution in [3.8, 4) is 22.8 Å². The molecule has 2 heterocycles. The van der Waals surface area contributed by atoms with Gasteiger partial charge in [0.25, 0.3) is 0 Å². The van der Waals surface area contributed by atoms with Crippen LogP contribution in [-0.4, -0.2) is 30.1 Å². The third-order valence-corrected chi connectivity index (χ3v) is 5.51. The molecule has 31 heavy (non-hydrogen) atoms. The van der Waals surface area contributed by atoms with Gasteiger partial charge in [-0.25, -0.2) is 0 Å². The van der Waals surface area contributed by atoms with Crippen molar-refractivity contribution in [2.24, 2.45) is 0 Å². The predicted molar refractivity (Wildman–Crippen MR) is 112 cm³/mol. The first-order valence-electron chi connectivity index (χ1n) is 9.68. The molecule has 0 saturated heterocycles. The van der Waals surface area contributed by atoms with E-state index in [2.05, 4.69) is 9.88 Å². The van der Waals surface area contributed by atoms with E-state index < -0.39 is 11.7 Å². The maximum Gasteiger partial charge on any atom is 0.417 e. The topological polar surface area (TPSA) is 34.6 Å². The van der Waals surface area contributed by atoms with Gasteiger partial charge in [-0.3, -0.25) is 9.88 Å². The fourth-order valence-electron chi connectivity index (χ4n) is 3.57. The zero-order valence-corrected chi connectivity index (χ0v) is 17.5. The maximum absolute atomic E-state index is 12.9. The van der Waals surface area contributed by atoms with Gasteiger partial charge in [-0.2, -0.15) is 13.2 Å². The molecule has 0 unspecified atom stereocenters. The summed E-state index contributed by atoms with van der Waals surface area (Å²) in [5.41, 5.74) is 2.19. The van der Waals surface area contributed by atoms with Gasteiger partial charge in [-0.05, 0) is 35.9 Å². The quantitative estimate of drug-likeness (QED) is 0.503. The largest absolute Gasteiger partial charge is 0.493 e. The molecule has 8 heteroatoms. The Morgan fingerprint density at radius 1 is 1.16 bits per heavy atom. The minimum Gasteiger partial charge on any atom is -0.493 e. The van der Waals surface area contributed by atoms with Crippen LogP contribution in [0.15, 0.2) is 54.7 Å². The van der Waals surface area contributed by atoms with Crippen molar-refractivity contribution in [1.82, 2.24) is 9.88 Å². The van der Waals surface area contributed by atoms with Crippen molar-refractivity contribution in [1.29, 1.82) is 0 Å². The van der Waals surface area contributed by atoms with E-state index >= 15 is 0 Å². The first kappa shape index (κ1) is 21.5. The Hall–Kier alpha value is -2.77. The molecule has 1 aromatic heterocycles. The predicted octanol–water partition coefficient (Wildman–Crippen LogP) is 5.82. The highest BCUT2D eigenvalue weighted by atomic mass is 35.5. The lowest BCUT2D eigenvalue weighted by molar-refractivity contribution is -0.137. The first-order valence-corrected chi connectivity index (χ1v) is 10.1. The van der Waals surface area contributed by atoms with Crippen LogP contribution in [-0.2, 0) is 19.3 Å². The number of alkyl halides is 3. The van der Waals surface area contributed by atoms with Crippen LogP contribution in [0, 0.1) is 0 Å². The normalized spacial score (nSPS) is 14.5. The molecule has 0 amide bonds. The third-order valence-electron chi connectivity index (χ3n) is 5.14. The number of ether oxygens (including phenoxy) is 2. The van der Waals surface area contributed by atoms with Gasteiger partial charge in [0.15, 0.2) is 11.5 Å². The summed E-state index contributed by atoms with van der Waals surface area (Å²) in [5.74, 6) is 1.16. The van der Waals surface area contributed by atoms with Gasteiger partial charge in [-0.1, -0.05) is 29.8 Å². The molecule has 0 N–H and O–H groups in total. The van der Waals surface area contributed by atoms with Crippen molar-refractivity contribution in [2.75, 3.05) is 20.3 Å². The van der Waals surface area contributed by atoms with E-state index in [1.165, 1.54) is 13.2 Å². The van der Waals surface area contributed by atoms with E-state index in [4.69, 9.17) is 21.1 Å². The van der Waals surface area contributed by atoms with Crippen molar-refractivity contribution in [3.05, 3.63) is 76.4 Å². The Morgan fingerprint density at radius 2 is 1.97 bits per heavy atom. The van der Waals surface area contributed by atoms with Crippen LogP contribution < -0.4 is 9.47 Å². The Bertz CT molecular complexity index is 1070. The van der Waals surface area contributed by atoms with E-state index in [0.29, 0.717) is 54.0 Å². The zero-order chi connectivity index (χ0) is 22.0. The van der Waals surface area contributed by atoms with Crippen molar-refractivity contribution in [3.63, 3.8) is 0 Å². The fraction of sp³-hybridized carbons (Fsp3) is 0.261. The lowest BCUT2D eigenvalue weighted by Crippen LogP contribution is -2.25. The Labute approximate surface area is 183 Å². The Morgan fingerprint density at radius 3 is 2.65 bits per heavy atom. The number of nitrogens with zero attached hydrogens (tertiary/aromatic N) is 2. The van der Waals surface area contributed by atoms with Crippen LogP contribution in [0.1, 0.15) is 16.7 Å². The Balaban J connectivity index is 1.66. The molecule has 0 spiro atoms. The number of benzene rings is 2. The molecule has 1 aliphatic heterocycles. The van der Waals surface area contributed by atoms with E-state index in [0.717, 1.165) is 23.4 Å². The van der Waals surface area contributed by atoms with E-state index in [1.807, 2.05) is 30.3 Å². The number of rotatable bonds is 4. The Kier molecular flexibility index (Phi) is 6.07. The summed E-state index contributed by atoms with van der Waals surface area (Å²) in [6.07, 6.45) is -3.59.